The van der Waals surface area contributed by atoms with Gasteiger partial charge in [-0.1, -0.05) is 0 Å². The molecule has 2 aromatic rings. The van der Waals surface area contributed by atoms with E-state index in [0.717, 1.165) is 0 Å². The van der Waals surface area contributed by atoms with Crippen molar-refractivity contribution in [2.75, 3.05) is 5.73 Å². The minimum Gasteiger partial charge on any atom is -0.480 e. The monoisotopic (exact) mass is 367 g/mol. The number of aliphatic carboxylic acids is 1. The van der Waals surface area contributed by atoms with Crippen LogP contribution in [0.4, 0.5) is 5.82 Å². The summed E-state index contributed by atoms with van der Waals surface area (Å²) in [5.41, 5.74) is 17.8. The van der Waals surface area contributed by atoms with Crippen LogP contribution < -0.4 is 17.2 Å². The number of carbonyl (C=O) groups is 1. The number of imidazole rings is 1. The van der Waals surface area contributed by atoms with Crippen molar-refractivity contribution < 1.29 is 24.9 Å². The molecular formula is C14H21N7O5. The molecule has 0 bridgehead atoms. The van der Waals surface area contributed by atoms with Crippen LogP contribution >= 0.6 is 0 Å². The minimum atomic E-state index is -1.26. The number of nitrogens with zero attached hydrogens (tertiary/aromatic N) is 4. The fourth-order valence-electron chi connectivity index (χ4n) is 3.03. The number of rotatable bonds is 6. The van der Waals surface area contributed by atoms with Crippen LogP contribution in [0.15, 0.2) is 12.7 Å². The molecule has 0 unspecified atom stereocenters. The highest BCUT2D eigenvalue weighted by atomic mass is 16.6. The second kappa shape index (κ2) is 7.09. The van der Waals surface area contributed by atoms with Crippen LogP contribution in [-0.4, -0.2) is 71.2 Å². The first-order chi connectivity index (χ1) is 12.3. The van der Waals surface area contributed by atoms with Gasteiger partial charge in [0.2, 0.25) is 0 Å². The Morgan fingerprint density at radius 2 is 2.00 bits per heavy atom. The number of nitrogens with two attached hydrogens (primary N) is 3. The van der Waals surface area contributed by atoms with E-state index in [0.29, 0.717) is 11.2 Å². The molecule has 0 aliphatic carbocycles. The van der Waals surface area contributed by atoms with Gasteiger partial charge in [-0.2, -0.15) is 0 Å². The summed E-state index contributed by atoms with van der Waals surface area (Å²) in [6, 6.07) is -1.73. The number of hydrogen-bond acceptors (Lipinski definition) is 10. The number of nitrogen functional groups attached to an aromatic ring is 1. The Bertz CT molecular complexity index is 799. The first kappa shape index (κ1) is 18.4. The summed E-state index contributed by atoms with van der Waals surface area (Å²) in [5.74, 6) is -0.976. The molecule has 0 radical (unpaired) electrons. The van der Waals surface area contributed by atoms with Crippen molar-refractivity contribution in [2.45, 2.75) is 49.5 Å². The third-order valence-corrected chi connectivity index (χ3v) is 4.41. The Balaban J connectivity index is 1.75. The molecule has 1 aliphatic rings. The number of aliphatic hydroxyl groups is 2. The van der Waals surface area contributed by atoms with Crippen molar-refractivity contribution in [3.8, 4) is 0 Å². The average Bonchev–Trinajstić information content (AvgIpc) is 3.12. The third-order valence-electron chi connectivity index (χ3n) is 4.41. The maximum absolute atomic E-state index is 10.8. The Labute approximate surface area is 147 Å². The fourth-order valence-corrected chi connectivity index (χ4v) is 3.03. The topological polar surface area (TPSA) is 209 Å². The molecule has 12 heteroatoms. The Kier molecular flexibility index (Phi) is 5.02. The van der Waals surface area contributed by atoms with Crippen LogP contribution in [0.2, 0.25) is 0 Å². The quantitative estimate of drug-likeness (QED) is 0.315. The summed E-state index contributed by atoms with van der Waals surface area (Å²) in [4.78, 5) is 22.8. The smallest absolute Gasteiger partial charge is 0.320 e. The van der Waals surface area contributed by atoms with Crippen LogP contribution in [-0.2, 0) is 9.53 Å². The number of anilines is 1. The van der Waals surface area contributed by atoms with E-state index in [2.05, 4.69) is 15.0 Å². The number of carboxylic acid groups (broad SMARTS) is 1. The van der Waals surface area contributed by atoms with E-state index in [1.165, 1.54) is 17.2 Å². The van der Waals surface area contributed by atoms with E-state index >= 15 is 0 Å². The Hall–Kier alpha value is -2.38. The number of carboxylic acids is 1. The summed E-state index contributed by atoms with van der Waals surface area (Å²) in [5, 5.41) is 29.5. The number of aromatic nitrogens is 4. The van der Waals surface area contributed by atoms with Gasteiger partial charge in [-0.25, -0.2) is 15.0 Å². The van der Waals surface area contributed by atoms with E-state index in [1.54, 1.807) is 0 Å². The molecule has 3 heterocycles. The maximum atomic E-state index is 10.8. The maximum Gasteiger partial charge on any atom is 0.320 e. The van der Waals surface area contributed by atoms with E-state index in [4.69, 9.17) is 27.0 Å². The first-order valence-electron chi connectivity index (χ1n) is 7.98. The molecule has 12 nitrogen and oxygen atoms in total. The molecule has 0 aromatic carbocycles. The van der Waals surface area contributed by atoms with Gasteiger partial charge in [0.25, 0.3) is 0 Å². The van der Waals surface area contributed by atoms with Crippen LogP contribution in [0.5, 0.6) is 0 Å². The summed E-state index contributed by atoms with van der Waals surface area (Å²) < 4.78 is 7.20. The molecule has 1 saturated heterocycles. The van der Waals surface area contributed by atoms with Crippen LogP contribution in [0.1, 0.15) is 19.1 Å². The van der Waals surface area contributed by atoms with E-state index in [1.807, 2.05) is 0 Å². The van der Waals surface area contributed by atoms with Gasteiger partial charge >= 0.3 is 5.97 Å². The molecule has 2 aromatic heterocycles. The Morgan fingerprint density at radius 3 is 2.69 bits per heavy atom. The molecule has 1 aliphatic heterocycles. The van der Waals surface area contributed by atoms with Crippen molar-refractivity contribution in [3.05, 3.63) is 12.7 Å². The van der Waals surface area contributed by atoms with Gasteiger partial charge in [-0.3, -0.25) is 9.36 Å². The van der Waals surface area contributed by atoms with E-state index in [-0.39, 0.29) is 18.7 Å². The van der Waals surface area contributed by atoms with Crippen LogP contribution in [0.25, 0.3) is 11.2 Å². The highest BCUT2D eigenvalue weighted by molar-refractivity contribution is 5.81. The molecule has 9 N–H and O–H groups in total. The standard InChI is InChI=1S/C14H21N7O5/c15-5(1-6(16)14(24)25)2-7-9(22)10(23)13(26-7)21-4-20-8-11(17)18-3-19-12(8)21/h3-7,9-10,13,22-23H,1-2,15-16H2,(H,24,25)(H2,17,18,19)/t5-,6-,7+,9+,10+,13+/m0/s1. The average molecular weight is 367 g/mol. The van der Waals surface area contributed by atoms with E-state index in [9.17, 15) is 15.0 Å². The predicted octanol–water partition coefficient (Wildman–Crippen LogP) is -2.45. The van der Waals surface area contributed by atoms with Gasteiger partial charge in [0.1, 0.15) is 30.1 Å². The lowest BCUT2D eigenvalue weighted by atomic mass is 9.99. The van der Waals surface area contributed by atoms with Gasteiger partial charge in [0.05, 0.1) is 12.4 Å². The van der Waals surface area contributed by atoms with Crippen molar-refractivity contribution in [3.63, 3.8) is 0 Å². The van der Waals surface area contributed by atoms with Crippen LogP contribution in [0.3, 0.4) is 0 Å². The molecule has 26 heavy (non-hydrogen) atoms. The first-order valence-corrected chi connectivity index (χ1v) is 7.98. The molecular weight excluding hydrogens is 346 g/mol. The minimum absolute atomic E-state index is 0.0143. The van der Waals surface area contributed by atoms with E-state index < -0.39 is 42.6 Å². The molecule has 142 valence electrons. The summed E-state index contributed by atoms with van der Waals surface area (Å²) in [7, 11) is 0. The van der Waals surface area contributed by atoms with Crippen LogP contribution in [0, 0.1) is 0 Å². The van der Waals surface area contributed by atoms with Gasteiger partial charge in [0, 0.05) is 6.04 Å². The second-order valence-corrected chi connectivity index (χ2v) is 6.31. The number of ether oxygens (including phenoxy) is 1. The lowest BCUT2D eigenvalue weighted by Gasteiger charge is -2.20. The lowest BCUT2D eigenvalue weighted by Crippen LogP contribution is -2.41. The normalized spacial score (nSPS) is 28.3. The lowest BCUT2D eigenvalue weighted by molar-refractivity contribution is -0.138. The fraction of sp³-hybridized carbons (Fsp3) is 0.571. The molecule has 6 atom stereocenters. The van der Waals surface area contributed by atoms with Gasteiger partial charge < -0.3 is 37.3 Å². The predicted molar refractivity (Wildman–Crippen MR) is 88.5 cm³/mol. The highest BCUT2D eigenvalue weighted by Gasteiger charge is 2.44. The summed E-state index contributed by atoms with van der Waals surface area (Å²) in [6.07, 6.45) is -1.44. The van der Waals surface area contributed by atoms with Gasteiger partial charge in [-0.05, 0) is 12.8 Å². The molecule has 1 fully saturated rings. The van der Waals surface area contributed by atoms with Crippen molar-refractivity contribution >= 4 is 23.0 Å². The van der Waals surface area contributed by atoms with Crippen molar-refractivity contribution in [1.29, 1.82) is 0 Å². The highest BCUT2D eigenvalue weighted by Crippen LogP contribution is 2.33. The van der Waals surface area contributed by atoms with Crippen molar-refractivity contribution in [2.24, 2.45) is 11.5 Å². The second-order valence-electron chi connectivity index (χ2n) is 6.31. The number of hydrogen-bond donors (Lipinski definition) is 6. The SMILES string of the molecule is Nc1ncnc2c1ncn2[C@@H]1O[C@H](C[C@@H](N)C[C@H](N)C(=O)O)[C@@H](O)[C@H]1O. The van der Waals surface area contributed by atoms with Gasteiger partial charge in [-0.15, -0.1) is 0 Å². The van der Waals surface area contributed by atoms with Gasteiger partial charge in [0.15, 0.2) is 17.7 Å². The zero-order valence-electron chi connectivity index (χ0n) is 13.7. The molecule has 0 spiro atoms. The molecule has 3 rings (SSSR count). The Morgan fingerprint density at radius 1 is 1.27 bits per heavy atom. The zero-order chi connectivity index (χ0) is 19.0. The number of fused-ring (bicyclic) bond motifs is 1. The summed E-state index contributed by atoms with van der Waals surface area (Å²) in [6.45, 7) is 0. The molecule has 0 saturated carbocycles. The van der Waals surface area contributed by atoms with Crippen molar-refractivity contribution in [1.82, 2.24) is 19.5 Å². The zero-order valence-corrected chi connectivity index (χ0v) is 13.7. The molecule has 0 amide bonds. The largest absolute Gasteiger partial charge is 0.480 e. The third kappa shape index (κ3) is 3.32. The summed E-state index contributed by atoms with van der Waals surface area (Å²) >= 11 is 0. The number of aliphatic hydroxyl groups excluding tert-OH is 2.